The van der Waals surface area contributed by atoms with E-state index in [1.807, 2.05) is 17.7 Å². The number of nitrogens with zero attached hydrogens (tertiary/aromatic N) is 2. The number of aliphatic hydroxyl groups excluding tert-OH is 1. The average molecular weight is 226 g/mol. The van der Waals surface area contributed by atoms with E-state index in [2.05, 4.69) is 18.9 Å². The molecular weight excluding hydrogens is 204 g/mol. The Kier molecular flexibility index (Phi) is 5.49. The van der Waals surface area contributed by atoms with Crippen molar-refractivity contribution >= 4 is 0 Å². The molecular formula is C12H22N2O2. The van der Waals surface area contributed by atoms with Gasteiger partial charge in [-0.05, 0) is 25.8 Å². The van der Waals surface area contributed by atoms with Gasteiger partial charge in [0, 0.05) is 13.2 Å². The van der Waals surface area contributed by atoms with Crippen LogP contribution in [0.15, 0.2) is 6.07 Å². The van der Waals surface area contributed by atoms with Crippen LogP contribution in [0.4, 0.5) is 0 Å². The Hall–Kier alpha value is -0.870. The Balaban J connectivity index is 2.65. The lowest BCUT2D eigenvalue weighted by molar-refractivity contribution is 0.0319. The lowest BCUT2D eigenvalue weighted by Gasteiger charge is -2.12. The normalized spacial score (nSPS) is 13.0. The molecule has 0 amide bonds. The first kappa shape index (κ1) is 13.2. The fourth-order valence-corrected chi connectivity index (χ4v) is 1.61. The first-order chi connectivity index (χ1) is 7.72. The summed E-state index contributed by atoms with van der Waals surface area (Å²) >= 11 is 0. The van der Waals surface area contributed by atoms with Gasteiger partial charge >= 0.3 is 0 Å². The van der Waals surface area contributed by atoms with Crippen molar-refractivity contribution in [2.45, 2.75) is 46.3 Å². The summed E-state index contributed by atoms with van der Waals surface area (Å²) in [6.45, 7) is 7.96. The largest absolute Gasteiger partial charge is 0.384 e. The van der Waals surface area contributed by atoms with Gasteiger partial charge in [0.2, 0.25) is 0 Å². The number of aromatic nitrogens is 2. The Morgan fingerprint density at radius 2 is 2.19 bits per heavy atom. The molecule has 1 rings (SSSR count). The van der Waals surface area contributed by atoms with Gasteiger partial charge in [-0.15, -0.1) is 0 Å². The highest BCUT2D eigenvalue weighted by Crippen LogP contribution is 2.15. The molecule has 1 atom stereocenters. The van der Waals surface area contributed by atoms with Crippen LogP contribution >= 0.6 is 0 Å². The van der Waals surface area contributed by atoms with E-state index < -0.39 is 6.10 Å². The van der Waals surface area contributed by atoms with Gasteiger partial charge in [-0.25, -0.2) is 0 Å². The molecule has 92 valence electrons. The summed E-state index contributed by atoms with van der Waals surface area (Å²) in [4.78, 5) is 0. The number of rotatable bonds is 7. The molecule has 1 aromatic heterocycles. The lowest BCUT2D eigenvalue weighted by atomic mass is 10.2. The van der Waals surface area contributed by atoms with E-state index in [-0.39, 0.29) is 0 Å². The SMILES string of the molecule is CCCOCC(O)c1cc(CC)nn1CC. The van der Waals surface area contributed by atoms with Gasteiger partial charge in [-0.3, -0.25) is 4.68 Å². The fraction of sp³-hybridized carbons (Fsp3) is 0.750. The van der Waals surface area contributed by atoms with E-state index in [0.29, 0.717) is 13.2 Å². The van der Waals surface area contributed by atoms with Crippen molar-refractivity contribution in [3.8, 4) is 0 Å². The topological polar surface area (TPSA) is 47.3 Å². The van der Waals surface area contributed by atoms with Crippen molar-refractivity contribution in [3.05, 3.63) is 17.5 Å². The van der Waals surface area contributed by atoms with Crippen molar-refractivity contribution in [1.82, 2.24) is 9.78 Å². The van der Waals surface area contributed by atoms with Gasteiger partial charge < -0.3 is 9.84 Å². The molecule has 0 aliphatic rings. The number of hydrogen-bond acceptors (Lipinski definition) is 3. The smallest absolute Gasteiger partial charge is 0.119 e. The van der Waals surface area contributed by atoms with Crippen molar-refractivity contribution in [1.29, 1.82) is 0 Å². The van der Waals surface area contributed by atoms with Crippen LogP contribution < -0.4 is 0 Å². The first-order valence-electron chi connectivity index (χ1n) is 6.05. The highest BCUT2D eigenvalue weighted by Gasteiger charge is 2.14. The molecule has 1 N–H and O–H groups in total. The van der Waals surface area contributed by atoms with Gasteiger partial charge in [-0.1, -0.05) is 13.8 Å². The van der Waals surface area contributed by atoms with Crippen LogP contribution in [-0.4, -0.2) is 28.1 Å². The molecule has 16 heavy (non-hydrogen) atoms. The third-order valence-corrected chi connectivity index (χ3v) is 2.49. The molecule has 4 heteroatoms. The number of aryl methyl sites for hydroxylation is 2. The van der Waals surface area contributed by atoms with Crippen molar-refractivity contribution in [2.24, 2.45) is 0 Å². The highest BCUT2D eigenvalue weighted by atomic mass is 16.5. The summed E-state index contributed by atoms with van der Waals surface area (Å²) in [5.41, 5.74) is 1.88. The quantitative estimate of drug-likeness (QED) is 0.723. The summed E-state index contributed by atoms with van der Waals surface area (Å²) < 4.78 is 7.20. The van der Waals surface area contributed by atoms with E-state index in [1.165, 1.54) is 0 Å². The standard InChI is InChI=1S/C12H22N2O2/c1-4-7-16-9-12(15)11-8-10(5-2)13-14(11)6-3/h8,12,15H,4-7,9H2,1-3H3. The van der Waals surface area contributed by atoms with E-state index in [1.54, 1.807) is 0 Å². The average Bonchev–Trinajstić information content (AvgIpc) is 2.72. The number of aliphatic hydroxyl groups is 1. The van der Waals surface area contributed by atoms with Gasteiger partial charge in [-0.2, -0.15) is 5.10 Å². The summed E-state index contributed by atoms with van der Waals surface area (Å²) in [5.74, 6) is 0. The van der Waals surface area contributed by atoms with Crippen LogP contribution in [0, 0.1) is 0 Å². The molecule has 1 unspecified atom stereocenters. The summed E-state index contributed by atoms with van der Waals surface area (Å²) in [7, 11) is 0. The molecule has 0 saturated carbocycles. The Morgan fingerprint density at radius 3 is 2.75 bits per heavy atom. The van der Waals surface area contributed by atoms with Crippen molar-refractivity contribution in [3.63, 3.8) is 0 Å². The fourth-order valence-electron chi connectivity index (χ4n) is 1.61. The molecule has 0 saturated heterocycles. The molecule has 0 aliphatic heterocycles. The lowest BCUT2D eigenvalue weighted by Crippen LogP contribution is -2.13. The van der Waals surface area contributed by atoms with E-state index in [0.717, 1.165) is 30.8 Å². The first-order valence-corrected chi connectivity index (χ1v) is 6.05. The zero-order chi connectivity index (χ0) is 12.0. The van der Waals surface area contributed by atoms with Gasteiger partial charge in [0.05, 0.1) is 18.0 Å². The third-order valence-electron chi connectivity index (χ3n) is 2.49. The van der Waals surface area contributed by atoms with Crippen LogP contribution in [0.3, 0.4) is 0 Å². The minimum Gasteiger partial charge on any atom is -0.384 e. The Bertz CT molecular complexity index is 310. The maximum atomic E-state index is 9.98. The van der Waals surface area contributed by atoms with Crippen LogP contribution in [0.2, 0.25) is 0 Å². The van der Waals surface area contributed by atoms with Gasteiger partial charge in [0.1, 0.15) is 6.10 Å². The third kappa shape index (κ3) is 3.32. The van der Waals surface area contributed by atoms with Gasteiger partial charge in [0.25, 0.3) is 0 Å². The second kappa shape index (κ2) is 6.66. The molecule has 4 nitrogen and oxygen atoms in total. The Labute approximate surface area is 97.2 Å². The molecule has 0 radical (unpaired) electrons. The second-order valence-electron chi connectivity index (χ2n) is 3.82. The van der Waals surface area contributed by atoms with Crippen molar-refractivity contribution < 1.29 is 9.84 Å². The van der Waals surface area contributed by atoms with Crippen LogP contribution in [0.5, 0.6) is 0 Å². The maximum absolute atomic E-state index is 9.98. The predicted molar refractivity (Wildman–Crippen MR) is 63.3 cm³/mol. The minimum atomic E-state index is -0.570. The molecule has 1 aromatic rings. The van der Waals surface area contributed by atoms with Crippen LogP contribution in [0.1, 0.15) is 44.7 Å². The zero-order valence-electron chi connectivity index (χ0n) is 10.4. The number of ether oxygens (including phenoxy) is 1. The predicted octanol–water partition coefficient (Wildman–Crippen LogP) is 1.93. The Morgan fingerprint density at radius 1 is 1.44 bits per heavy atom. The molecule has 1 heterocycles. The molecule has 0 aromatic carbocycles. The van der Waals surface area contributed by atoms with E-state index in [4.69, 9.17) is 4.74 Å². The van der Waals surface area contributed by atoms with Crippen molar-refractivity contribution in [2.75, 3.05) is 13.2 Å². The zero-order valence-corrected chi connectivity index (χ0v) is 10.4. The molecule has 0 spiro atoms. The monoisotopic (exact) mass is 226 g/mol. The summed E-state index contributed by atoms with van der Waals surface area (Å²) in [6, 6.07) is 1.96. The van der Waals surface area contributed by atoms with E-state index in [9.17, 15) is 5.11 Å². The van der Waals surface area contributed by atoms with Crippen LogP contribution in [0.25, 0.3) is 0 Å². The second-order valence-corrected chi connectivity index (χ2v) is 3.82. The highest BCUT2D eigenvalue weighted by molar-refractivity contribution is 5.13. The van der Waals surface area contributed by atoms with E-state index >= 15 is 0 Å². The van der Waals surface area contributed by atoms with Crippen LogP contribution in [-0.2, 0) is 17.7 Å². The molecule has 0 fully saturated rings. The molecule has 0 aliphatic carbocycles. The molecule has 0 bridgehead atoms. The number of hydrogen-bond donors (Lipinski definition) is 1. The minimum absolute atomic E-state index is 0.350. The summed E-state index contributed by atoms with van der Waals surface area (Å²) in [6.07, 6.45) is 1.29. The van der Waals surface area contributed by atoms with Gasteiger partial charge in [0.15, 0.2) is 0 Å². The summed E-state index contributed by atoms with van der Waals surface area (Å²) in [5, 5.41) is 14.4. The maximum Gasteiger partial charge on any atom is 0.119 e.